The first-order valence-corrected chi connectivity index (χ1v) is 5.71. The minimum atomic E-state index is -0.954. The number of rotatable bonds is 2. The van der Waals surface area contributed by atoms with Crippen LogP contribution in [0, 0.1) is 0 Å². The van der Waals surface area contributed by atoms with Crippen LogP contribution >= 0.6 is 0 Å². The van der Waals surface area contributed by atoms with Crippen LogP contribution in [0.25, 0.3) is 11.0 Å². The number of fused-ring (bicyclic) bond motifs is 1. The zero-order chi connectivity index (χ0) is 12.5. The maximum atomic E-state index is 13.0. The molecule has 0 radical (unpaired) electrons. The lowest BCUT2D eigenvalue weighted by Crippen LogP contribution is -2.35. The van der Waals surface area contributed by atoms with Crippen LogP contribution in [0.2, 0.25) is 0 Å². The molecule has 94 valence electrons. The lowest BCUT2D eigenvalue weighted by molar-refractivity contribution is -0.117. The van der Waals surface area contributed by atoms with Gasteiger partial charge < -0.3 is 10.6 Å². The molecule has 0 bridgehead atoms. The molecule has 0 saturated carbocycles. The monoisotopic (exact) mass is 249 g/mol. The Bertz CT molecular complexity index is 584. The smallest absolute Gasteiger partial charge is 0.242 e. The number of amides is 1. The molecule has 0 aromatic carbocycles. The highest BCUT2D eigenvalue weighted by atomic mass is 19.1. The van der Waals surface area contributed by atoms with Gasteiger partial charge in [0.2, 0.25) is 5.91 Å². The standard InChI is InChI=1S/C11H12FN5O/c12-6-3-8(13-4-6)11(18)16-10-2-1-7-9(15-10)5-14-17-7/h1-2,5-6,8,13H,3-4H2,(H,14,17)(H,15,16,18)/t6?,8-/m1/s1. The van der Waals surface area contributed by atoms with Crippen molar-refractivity contribution in [2.24, 2.45) is 0 Å². The van der Waals surface area contributed by atoms with Gasteiger partial charge >= 0.3 is 0 Å². The summed E-state index contributed by atoms with van der Waals surface area (Å²) in [5.74, 6) is 0.184. The van der Waals surface area contributed by atoms with Crippen LogP contribution in [0.3, 0.4) is 0 Å². The van der Waals surface area contributed by atoms with Gasteiger partial charge in [-0.15, -0.1) is 0 Å². The summed E-state index contributed by atoms with van der Waals surface area (Å²) in [6.07, 6.45) is 0.834. The van der Waals surface area contributed by atoms with Gasteiger partial charge in [0.1, 0.15) is 17.5 Å². The number of hydrogen-bond acceptors (Lipinski definition) is 4. The fourth-order valence-corrected chi connectivity index (χ4v) is 2.01. The molecular formula is C11H12FN5O. The summed E-state index contributed by atoms with van der Waals surface area (Å²) in [4.78, 5) is 16.0. The van der Waals surface area contributed by atoms with Crippen molar-refractivity contribution in [3.05, 3.63) is 18.3 Å². The normalized spacial score (nSPS) is 23.4. The van der Waals surface area contributed by atoms with Crippen LogP contribution < -0.4 is 10.6 Å². The van der Waals surface area contributed by atoms with E-state index in [0.717, 1.165) is 5.52 Å². The van der Waals surface area contributed by atoms with E-state index in [4.69, 9.17) is 0 Å². The largest absolute Gasteiger partial charge is 0.309 e. The van der Waals surface area contributed by atoms with Gasteiger partial charge in [-0.25, -0.2) is 9.37 Å². The van der Waals surface area contributed by atoms with Crippen molar-refractivity contribution in [3.63, 3.8) is 0 Å². The summed E-state index contributed by atoms with van der Waals surface area (Å²) >= 11 is 0. The van der Waals surface area contributed by atoms with E-state index in [1.54, 1.807) is 18.3 Å². The van der Waals surface area contributed by atoms with Crippen molar-refractivity contribution in [2.45, 2.75) is 18.6 Å². The maximum Gasteiger partial charge on any atom is 0.242 e. The molecule has 3 N–H and O–H groups in total. The molecule has 2 atom stereocenters. The van der Waals surface area contributed by atoms with Crippen LogP contribution in [0.5, 0.6) is 0 Å². The molecule has 1 saturated heterocycles. The van der Waals surface area contributed by atoms with Crippen molar-refractivity contribution in [3.8, 4) is 0 Å². The Morgan fingerprint density at radius 2 is 2.39 bits per heavy atom. The molecule has 1 unspecified atom stereocenters. The van der Waals surface area contributed by atoms with E-state index < -0.39 is 12.2 Å². The van der Waals surface area contributed by atoms with Crippen molar-refractivity contribution in [2.75, 3.05) is 11.9 Å². The summed E-state index contributed by atoms with van der Waals surface area (Å²) in [6.45, 7) is 0.228. The van der Waals surface area contributed by atoms with E-state index in [-0.39, 0.29) is 18.9 Å². The lowest BCUT2D eigenvalue weighted by Gasteiger charge is -2.09. The number of nitrogens with zero attached hydrogens (tertiary/aromatic N) is 2. The van der Waals surface area contributed by atoms with E-state index in [2.05, 4.69) is 25.8 Å². The van der Waals surface area contributed by atoms with E-state index in [9.17, 15) is 9.18 Å². The van der Waals surface area contributed by atoms with Gasteiger partial charge in [0, 0.05) is 13.0 Å². The Morgan fingerprint density at radius 3 is 3.17 bits per heavy atom. The van der Waals surface area contributed by atoms with Crippen LogP contribution in [-0.4, -0.2) is 39.8 Å². The number of carbonyl (C=O) groups is 1. The Balaban J connectivity index is 1.73. The molecular weight excluding hydrogens is 237 g/mol. The van der Waals surface area contributed by atoms with Crippen LogP contribution in [0.15, 0.2) is 18.3 Å². The number of alkyl halides is 1. The number of hydrogen-bond donors (Lipinski definition) is 3. The molecule has 18 heavy (non-hydrogen) atoms. The fraction of sp³-hybridized carbons (Fsp3) is 0.364. The summed E-state index contributed by atoms with van der Waals surface area (Å²) < 4.78 is 13.0. The highest BCUT2D eigenvalue weighted by Gasteiger charge is 2.29. The quantitative estimate of drug-likeness (QED) is 0.727. The number of halogens is 1. The molecule has 3 heterocycles. The highest BCUT2D eigenvalue weighted by Crippen LogP contribution is 2.14. The first-order chi connectivity index (χ1) is 8.72. The molecule has 0 spiro atoms. The summed E-state index contributed by atoms with van der Waals surface area (Å²) in [5, 5.41) is 12.1. The molecule has 1 aliphatic heterocycles. The van der Waals surface area contributed by atoms with Crippen molar-refractivity contribution < 1.29 is 9.18 Å². The zero-order valence-corrected chi connectivity index (χ0v) is 9.48. The average Bonchev–Trinajstić information content (AvgIpc) is 2.96. The van der Waals surface area contributed by atoms with E-state index in [1.807, 2.05) is 0 Å². The van der Waals surface area contributed by atoms with Gasteiger partial charge in [0.15, 0.2) is 0 Å². The highest BCUT2D eigenvalue weighted by molar-refractivity contribution is 5.95. The molecule has 1 amide bonds. The van der Waals surface area contributed by atoms with Crippen LogP contribution in [-0.2, 0) is 4.79 Å². The number of pyridine rings is 1. The molecule has 7 heteroatoms. The SMILES string of the molecule is O=C(Nc1ccc2[nH]ncc2n1)[C@H]1CC(F)CN1. The number of anilines is 1. The average molecular weight is 249 g/mol. The number of aromatic amines is 1. The molecule has 1 aliphatic rings. The van der Waals surface area contributed by atoms with Crippen LogP contribution in [0.4, 0.5) is 10.2 Å². The molecule has 2 aromatic rings. The Labute approximate surface area is 102 Å². The topological polar surface area (TPSA) is 82.7 Å². The molecule has 3 rings (SSSR count). The number of aromatic nitrogens is 3. The Morgan fingerprint density at radius 1 is 1.50 bits per heavy atom. The van der Waals surface area contributed by atoms with Gasteiger partial charge in [-0.05, 0) is 12.1 Å². The minimum Gasteiger partial charge on any atom is -0.309 e. The van der Waals surface area contributed by atoms with E-state index in [0.29, 0.717) is 11.3 Å². The number of nitrogens with one attached hydrogen (secondary N) is 3. The van der Waals surface area contributed by atoms with Gasteiger partial charge in [0.05, 0.1) is 17.8 Å². The number of carbonyl (C=O) groups excluding carboxylic acids is 1. The van der Waals surface area contributed by atoms with Crippen molar-refractivity contribution in [1.82, 2.24) is 20.5 Å². The van der Waals surface area contributed by atoms with Crippen molar-refractivity contribution in [1.29, 1.82) is 0 Å². The summed E-state index contributed by atoms with van der Waals surface area (Å²) in [6, 6.07) is 2.98. The van der Waals surface area contributed by atoms with Crippen molar-refractivity contribution >= 4 is 22.8 Å². The molecule has 2 aromatic heterocycles. The lowest BCUT2D eigenvalue weighted by atomic mass is 10.2. The van der Waals surface area contributed by atoms with Crippen LogP contribution in [0.1, 0.15) is 6.42 Å². The summed E-state index contributed by atoms with van der Waals surface area (Å²) in [5.41, 5.74) is 1.48. The first-order valence-electron chi connectivity index (χ1n) is 5.71. The second-order valence-corrected chi connectivity index (χ2v) is 4.28. The molecule has 6 nitrogen and oxygen atoms in total. The molecule has 0 aliphatic carbocycles. The van der Waals surface area contributed by atoms with Gasteiger partial charge in [-0.1, -0.05) is 0 Å². The summed E-state index contributed by atoms with van der Waals surface area (Å²) in [7, 11) is 0. The van der Waals surface area contributed by atoms with E-state index in [1.165, 1.54) is 0 Å². The van der Waals surface area contributed by atoms with E-state index >= 15 is 0 Å². The second-order valence-electron chi connectivity index (χ2n) is 4.28. The fourth-order valence-electron chi connectivity index (χ4n) is 2.01. The maximum absolute atomic E-state index is 13.0. The predicted octanol–water partition coefficient (Wildman–Crippen LogP) is 0.596. The van der Waals surface area contributed by atoms with Gasteiger partial charge in [0.25, 0.3) is 0 Å². The third kappa shape index (κ3) is 2.04. The first kappa shape index (κ1) is 11.1. The second kappa shape index (κ2) is 4.34. The Kier molecular flexibility index (Phi) is 2.67. The zero-order valence-electron chi connectivity index (χ0n) is 9.48. The Hall–Kier alpha value is -2.02. The predicted molar refractivity (Wildman–Crippen MR) is 63.8 cm³/mol. The molecule has 1 fully saturated rings. The minimum absolute atomic E-state index is 0.208. The van der Waals surface area contributed by atoms with Gasteiger partial charge in [-0.3, -0.25) is 9.89 Å². The number of H-pyrrole nitrogens is 1. The third-order valence-electron chi connectivity index (χ3n) is 2.94. The van der Waals surface area contributed by atoms with Gasteiger partial charge in [-0.2, -0.15) is 5.10 Å². The third-order valence-corrected chi connectivity index (χ3v) is 2.94.